The van der Waals surface area contributed by atoms with Gasteiger partial charge in [-0.15, -0.1) is 0 Å². The second-order valence-corrected chi connectivity index (χ2v) is 6.79. The Hall–Kier alpha value is -1.63. The fourth-order valence-electron chi connectivity index (χ4n) is 1.94. The molecule has 1 aliphatic rings. The van der Waals surface area contributed by atoms with E-state index in [-0.39, 0.29) is 8.61 Å². The standard InChI is InChI=1S/C13H20N2O4S.C2H6.2H2/c1-10(16)15-12(13(17)14-2)9-20(18,19)8-11-6-4-3-5-7-11;1-2;;/h4,6-7,12H,3,5,8-9H2,1-2H3,(H,14,17)(H,15,16);1-2H3;2*1H. The van der Waals surface area contributed by atoms with Crippen molar-refractivity contribution < 1.29 is 20.9 Å². The highest BCUT2D eigenvalue weighted by molar-refractivity contribution is 7.91. The van der Waals surface area contributed by atoms with Crippen molar-refractivity contribution in [2.24, 2.45) is 0 Å². The lowest BCUT2D eigenvalue weighted by atomic mass is 10.1. The maximum Gasteiger partial charge on any atom is 0.243 e. The molecule has 0 aromatic carbocycles. The van der Waals surface area contributed by atoms with E-state index in [1.807, 2.05) is 26.0 Å². The summed E-state index contributed by atoms with van der Waals surface area (Å²) < 4.78 is 24.2. The van der Waals surface area contributed by atoms with E-state index < -0.39 is 33.4 Å². The lowest BCUT2D eigenvalue weighted by molar-refractivity contribution is -0.127. The van der Waals surface area contributed by atoms with E-state index in [1.54, 1.807) is 6.08 Å². The number of sulfone groups is 1. The van der Waals surface area contributed by atoms with Crippen molar-refractivity contribution in [1.29, 1.82) is 0 Å². The number of hydrogen-bond acceptors (Lipinski definition) is 4. The first-order valence-corrected chi connectivity index (χ1v) is 9.21. The average Bonchev–Trinajstić information content (AvgIpc) is 2.47. The highest BCUT2D eigenvalue weighted by Crippen LogP contribution is 2.12. The zero-order chi connectivity index (χ0) is 17.2. The van der Waals surface area contributed by atoms with Crippen LogP contribution in [0.4, 0.5) is 0 Å². The number of hydrogen-bond donors (Lipinski definition) is 2. The van der Waals surface area contributed by atoms with Gasteiger partial charge in [0.1, 0.15) is 6.04 Å². The Labute approximate surface area is 135 Å². The van der Waals surface area contributed by atoms with E-state index in [0.29, 0.717) is 0 Å². The molecule has 7 heteroatoms. The van der Waals surface area contributed by atoms with Crippen LogP contribution in [0.2, 0.25) is 0 Å². The van der Waals surface area contributed by atoms with Crippen LogP contribution >= 0.6 is 0 Å². The van der Waals surface area contributed by atoms with Gasteiger partial charge in [-0.3, -0.25) is 9.59 Å². The molecule has 2 amide bonds. The molecule has 1 atom stereocenters. The molecule has 0 radical (unpaired) electrons. The Kier molecular flexibility index (Phi) is 9.40. The Bertz CT molecular complexity index is 546. The normalized spacial score (nSPS) is 15.0. The molecule has 0 saturated carbocycles. The number of carbonyl (C=O) groups is 2. The zero-order valence-electron chi connectivity index (χ0n) is 13.7. The molecule has 0 fully saturated rings. The number of carbonyl (C=O) groups excluding carboxylic acids is 2. The van der Waals surface area contributed by atoms with Gasteiger partial charge in [0.05, 0.1) is 11.5 Å². The summed E-state index contributed by atoms with van der Waals surface area (Å²) in [4.78, 5) is 22.6. The third-order valence-electron chi connectivity index (χ3n) is 2.82. The van der Waals surface area contributed by atoms with Gasteiger partial charge < -0.3 is 10.6 Å². The molecule has 0 saturated heterocycles. The molecule has 130 valence electrons. The van der Waals surface area contributed by atoms with Crippen LogP contribution in [0.5, 0.6) is 0 Å². The molecule has 1 rings (SSSR count). The highest BCUT2D eigenvalue weighted by atomic mass is 32.2. The summed E-state index contributed by atoms with van der Waals surface area (Å²) in [7, 11) is -2.08. The van der Waals surface area contributed by atoms with Crippen molar-refractivity contribution in [3.8, 4) is 0 Å². The summed E-state index contributed by atoms with van der Waals surface area (Å²) in [6.07, 6.45) is 7.33. The van der Waals surface area contributed by atoms with Gasteiger partial charge in [0.15, 0.2) is 9.84 Å². The van der Waals surface area contributed by atoms with Crippen LogP contribution in [-0.4, -0.2) is 44.8 Å². The van der Waals surface area contributed by atoms with E-state index in [0.717, 1.165) is 18.4 Å². The van der Waals surface area contributed by atoms with E-state index in [1.165, 1.54) is 14.0 Å². The van der Waals surface area contributed by atoms with E-state index in [2.05, 4.69) is 10.6 Å². The van der Waals surface area contributed by atoms with Crippen molar-refractivity contribution in [2.45, 2.75) is 39.7 Å². The predicted molar refractivity (Wildman–Crippen MR) is 92.4 cm³/mol. The number of amides is 2. The monoisotopic (exact) mass is 334 g/mol. The molecular formula is C15H30N2O4S. The Morgan fingerprint density at radius 2 is 1.95 bits per heavy atom. The van der Waals surface area contributed by atoms with E-state index in [4.69, 9.17) is 0 Å². The molecule has 0 heterocycles. The first-order valence-electron chi connectivity index (χ1n) is 7.39. The topological polar surface area (TPSA) is 92.3 Å². The van der Waals surface area contributed by atoms with Crippen LogP contribution in [0, 0.1) is 0 Å². The van der Waals surface area contributed by atoms with E-state index in [9.17, 15) is 18.0 Å². The molecule has 0 aromatic rings. The van der Waals surface area contributed by atoms with Gasteiger partial charge >= 0.3 is 0 Å². The summed E-state index contributed by atoms with van der Waals surface area (Å²) in [5.41, 5.74) is 0.731. The molecule has 0 aliphatic heterocycles. The van der Waals surface area contributed by atoms with Gasteiger partial charge in [-0.1, -0.05) is 32.1 Å². The second-order valence-electron chi connectivity index (χ2n) is 4.68. The second kappa shape index (κ2) is 10.2. The average molecular weight is 334 g/mol. The zero-order valence-corrected chi connectivity index (χ0v) is 14.5. The molecule has 0 spiro atoms. The summed E-state index contributed by atoms with van der Waals surface area (Å²) in [5.74, 6) is -1.48. The summed E-state index contributed by atoms with van der Waals surface area (Å²) >= 11 is 0. The number of nitrogens with one attached hydrogen (secondary N) is 2. The Balaban J connectivity index is -0.00000106. The Morgan fingerprint density at radius 3 is 2.41 bits per heavy atom. The minimum Gasteiger partial charge on any atom is -0.357 e. The number of rotatable bonds is 6. The van der Waals surface area contributed by atoms with Crippen molar-refractivity contribution in [3.05, 3.63) is 23.8 Å². The summed E-state index contributed by atoms with van der Waals surface area (Å²) in [5, 5.41) is 4.71. The first kappa shape index (κ1) is 20.4. The molecular weight excluding hydrogens is 304 g/mol. The number of likely N-dealkylation sites (N-methyl/N-ethyl adjacent to an activating group) is 1. The van der Waals surface area contributed by atoms with Gasteiger partial charge in [-0.05, 0) is 18.4 Å². The van der Waals surface area contributed by atoms with Crippen LogP contribution in [0.3, 0.4) is 0 Å². The highest BCUT2D eigenvalue weighted by Gasteiger charge is 2.26. The maximum absolute atomic E-state index is 12.1. The summed E-state index contributed by atoms with van der Waals surface area (Å²) in [6, 6.07) is -1.06. The van der Waals surface area contributed by atoms with Crippen LogP contribution in [0.25, 0.3) is 0 Å². The van der Waals surface area contributed by atoms with Crippen LogP contribution < -0.4 is 10.6 Å². The largest absolute Gasteiger partial charge is 0.357 e. The fourth-order valence-corrected chi connectivity index (χ4v) is 3.53. The van der Waals surface area contributed by atoms with E-state index >= 15 is 0 Å². The maximum atomic E-state index is 12.1. The lowest BCUT2D eigenvalue weighted by Crippen LogP contribution is -2.49. The first-order chi connectivity index (χ1) is 10.3. The molecule has 6 nitrogen and oxygen atoms in total. The minimum atomic E-state index is -3.48. The Morgan fingerprint density at radius 1 is 1.32 bits per heavy atom. The molecule has 22 heavy (non-hydrogen) atoms. The smallest absolute Gasteiger partial charge is 0.243 e. The van der Waals surface area contributed by atoms with Gasteiger partial charge in [0.2, 0.25) is 11.8 Å². The number of allylic oxidation sites excluding steroid dienone is 3. The molecule has 1 aliphatic carbocycles. The molecule has 0 bridgehead atoms. The van der Waals surface area contributed by atoms with Crippen LogP contribution in [0.1, 0.15) is 36.5 Å². The van der Waals surface area contributed by atoms with Crippen LogP contribution in [-0.2, 0) is 19.4 Å². The predicted octanol–water partition coefficient (Wildman–Crippen LogP) is 1.45. The summed E-state index contributed by atoms with van der Waals surface area (Å²) in [6.45, 7) is 5.25. The SMILES string of the molecule is CC.CNC(=O)C(CS(=O)(=O)CC1=CCCC=C1)NC(C)=O.[HH].[HH]. The minimum absolute atomic E-state index is 0. The van der Waals surface area contributed by atoms with Crippen molar-refractivity contribution in [3.63, 3.8) is 0 Å². The fraction of sp³-hybridized carbons (Fsp3) is 0.600. The van der Waals surface area contributed by atoms with Crippen molar-refractivity contribution >= 4 is 21.7 Å². The van der Waals surface area contributed by atoms with Crippen LogP contribution in [0.15, 0.2) is 23.8 Å². The van der Waals surface area contributed by atoms with Gasteiger partial charge in [-0.25, -0.2) is 8.42 Å². The third kappa shape index (κ3) is 7.97. The molecule has 2 N–H and O–H groups in total. The quantitative estimate of drug-likeness (QED) is 0.769. The van der Waals surface area contributed by atoms with Crippen molar-refractivity contribution in [2.75, 3.05) is 18.6 Å². The molecule has 1 unspecified atom stereocenters. The lowest BCUT2D eigenvalue weighted by Gasteiger charge is -2.17. The third-order valence-corrected chi connectivity index (χ3v) is 4.43. The van der Waals surface area contributed by atoms with Gasteiger partial charge in [-0.2, -0.15) is 0 Å². The van der Waals surface area contributed by atoms with Crippen molar-refractivity contribution in [1.82, 2.24) is 10.6 Å². The van der Waals surface area contributed by atoms with Gasteiger partial charge in [0, 0.05) is 16.8 Å². The van der Waals surface area contributed by atoms with Gasteiger partial charge in [0.25, 0.3) is 0 Å². The molecule has 0 aromatic heterocycles.